The lowest BCUT2D eigenvalue weighted by Crippen LogP contribution is -2.32. The highest BCUT2D eigenvalue weighted by Gasteiger charge is 2.40. The van der Waals surface area contributed by atoms with Gasteiger partial charge in [-0.3, -0.25) is 9.59 Å². The first-order valence-corrected chi connectivity index (χ1v) is 4.88. The van der Waals surface area contributed by atoms with E-state index in [0.29, 0.717) is 12.8 Å². The van der Waals surface area contributed by atoms with E-state index in [1.165, 1.54) is 13.0 Å². The fraction of sp³-hybridized carbons (Fsp3) is 0.636. The van der Waals surface area contributed by atoms with Crippen LogP contribution in [-0.2, 0) is 14.3 Å². The summed E-state index contributed by atoms with van der Waals surface area (Å²) in [5, 5.41) is 0. The minimum Gasteiger partial charge on any atom is -0.454 e. The normalized spacial score (nSPS) is 27.3. The summed E-state index contributed by atoms with van der Waals surface area (Å²) in [5.74, 6) is 0.00410. The Labute approximate surface area is 84.1 Å². The second-order valence-corrected chi connectivity index (χ2v) is 4.03. The van der Waals surface area contributed by atoms with Crippen molar-refractivity contribution >= 4 is 11.8 Å². The fourth-order valence-corrected chi connectivity index (χ4v) is 1.59. The van der Waals surface area contributed by atoms with Crippen molar-refractivity contribution in [1.82, 2.24) is 0 Å². The van der Waals surface area contributed by atoms with Gasteiger partial charge in [-0.05, 0) is 25.0 Å². The number of carbonyl (C=O) groups excluding carboxylic acids is 2. The Hall–Kier alpha value is -1.12. The molecule has 0 spiro atoms. The molecule has 0 saturated carbocycles. The number of carbonyl (C=O) groups is 2. The molecular formula is C11H16O3. The van der Waals surface area contributed by atoms with Crippen molar-refractivity contribution in [3.05, 3.63) is 12.2 Å². The lowest BCUT2D eigenvalue weighted by Gasteiger charge is -2.28. The lowest BCUT2D eigenvalue weighted by molar-refractivity contribution is -0.147. The van der Waals surface area contributed by atoms with E-state index in [9.17, 15) is 9.59 Å². The van der Waals surface area contributed by atoms with Crippen molar-refractivity contribution < 1.29 is 14.3 Å². The molecule has 3 heteroatoms. The third-order valence-corrected chi connectivity index (χ3v) is 2.60. The van der Waals surface area contributed by atoms with Crippen LogP contribution in [0, 0.1) is 5.92 Å². The van der Waals surface area contributed by atoms with Crippen LogP contribution >= 0.6 is 0 Å². The number of ketones is 1. The molecule has 14 heavy (non-hydrogen) atoms. The molecule has 0 aromatic rings. The Kier molecular flexibility index (Phi) is 3.09. The van der Waals surface area contributed by atoms with Gasteiger partial charge in [-0.1, -0.05) is 13.8 Å². The van der Waals surface area contributed by atoms with Crippen LogP contribution in [0.1, 0.15) is 33.6 Å². The van der Waals surface area contributed by atoms with Crippen LogP contribution in [0.4, 0.5) is 0 Å². The number of cyclic esters (lactones) is 1. The summed E-state index contributed by atoms with van der Waals surface area (Å²) in [6, 6.07) is 0. The molecule has 1 rings (SSSR count). The summed E-state index contributed by atoms with van der Waals surface area (Å²) in [4.78, 5) is 21.9. The molecule has 1 atom stereocenters. The zero-order valence-corrected chi connectivity index (χ0v) is 8.87. The molecule has 0 aromatic carbocycles. The maximum absolute atomic E-state index is 11.1. The van der Waals surface area contributed by atoms with Crippen molar-refractivity contribution in [1.29, 1.82) is 0 Å². The van der Waals surface area contributed by atoms with Gasteiger partial charge in [0.25, 0.3) is 0 Å². The Morgan fingerprint density at radius 1 is 1.57 bits per heavy atom. The van der Waals surface area contributed by atoms with Gasteiger partial charge in [-0.25, -0.2) is 0 Å². The standard InChI is InChI=1S/C11H16O3/c1-8(2)11(6-4-9(3)12)7-5-10(13)14-11/h4,6,8H,5,7H2,1-3H3. The minimum atomic E-state index is -0.553. The molecule has 3 nitrogen and oxygen atoms in total. The van der Waals surface area contributed by atoms with Crippen molar-refractivity contribution in [2.45, 2.75) is 39.2 Å². The maximum Gasteiger partial charge on any atom is 0.306 e. The molecule has 1 unspecified atom stereocenters. The molecular weight excluding hydrogens is 180 g/mol. The van der Waals surface area contributed by atoms with Crippen LogP contribution in [-0.4, -0.2) is 17.4 Å². The predicted octanol–water partition coefficient (Wildman–Crippen LogP) is 1.86. The number of rotatable bonds is 3. The number of hydrogen-bond donors (Lipinski definition) is 0. The van der Waals surface area contributed by atoms with Crippen LogP contribution in [0.2, 0.25) is 0 Å². The van der Waals surface area contributed by atoms with Gasteiger partial charge in [0.15, 0.2) is 5.78 Å². The molecule has 0 N–H and O–H groups in total. The number of hydrogen-bond acceptors (Lipinski definition) is 3. The van der Waals surface area contributed by atoms with E-state index >= 15 is 0 Å². The zero-order chi connectivity index (χ0) is 10.8. The summed E-state index contributed by atoms with van der Waals surface area (Å²) in [7, 11) is 0. The third-order valence-electron chi connectivity index (χ3n) is 2.60. The van der Waals surface area contributed by atoms with Gasteiger partial charge in [-0.15, -0.1) is 0 Å². The van der Waals surface area contributed by atoms with E-state index in [-0.39, 0.29) is 17.7 Å². The first-order valence-electron chi connectivity index (χ1n) is 4.88. The molecule has 0 bridgehead atoms. The van der Waals surface area contributed by atoms with Crippen LogP contribution in [0.5, 0.6) is 0 Å². The second-order valence-electron chi connectivity index (χ2n) is 4.03. The Morgan fingerprint density at radius 3 is 2.57 bits per heavy atom. The van der Waals surface area contributed by atoms with Crippen molar-refractivity contribution in [3.63, 3.8) is 0 Å². The number of allylic oxidation sites excluding steroid dienone is 1. The van der Waals surface area contributed by atoms with Crippen LogP contribution in [0.3, 0.4) is 0 Å². The zero-order valence-electron chi connectivity index (χ0n) is 8.87. The molecule has 1 aliphatic heterocycles. The second kappa shape index (κ2) is 3.95. The van der Waals surface area contributed by atoms with Gasteiger partial charge in [-0.2, -0.15) is 0 Å². The van der Waals surface area contributed by atoms with Gasteiger partial charge in [0.1, 0.15) is 5.60 Å². The SMILES string of the molecule is CC(=O)C=CC1(C(C)C)CCC(=O)O1. The lowest BCUT2D eigenvalue weighted by atomic mass is 9.87. The third kappa shape index (κ3) is 2.22. The molecule has 0 radical (unpaired) electrons. The summed E-state index contributed by atoms with van der Waals surface area (Å²) in [5.41, 5.74) is -0.553. The van der Waals surface area contributed by atoms with Crippen LogP contribution < -0.4 is 0 Å². The minimum absolute atomic E-state index is 0.0204. The van der Waals surface area contributed by atoms with E-state index in [2.05, 4.69) is 0 Å². The van der Waals surface area contributed by atoms with E-state index in [4.69, 9.17) is 4.74 Å². The van der Waals surface area contributed by atoms with Gasteiger partial charge < -0.3 is 4.74 Å². The highest BCUT2D eigenvalue weighted by Crippen LogP contribution is 2.34. The molecule has 1 aliphatic rings. The largest absolute Gasteiger partial charge is 0.454 e. The molecule has 0 amide bonds. The van der Waals surface area contributed by atoms with Crippen LogP contribution in [0.15, 0.2) is 12.2 Å². The molecule has 1 fully saturated rings. The van der Waals surface area contributed by atoms with E-state index in [0.717, 1.165) is 0 Å². The molecule has 78 valence electrons. The number of esters is 1. The Bertz CT molecular complexity index is 278. The molecule has 1 saturated heterocycles. The monoisotopic (exact) mass is 196 g/mol. The van der Waals surface area contributed by atoms with E-state index in [1.807, 2.05) is 13.8 Å². The average molecular weight is 196 g/mol. The Morgan fingerprint density at radius 2 is 2.21 bits per heavy atom. The summed E-state index contributed by atoms with van der Waals surface area (Å²) in [6.45, 7) is 5.47. The van der Waals surface area contributed by atoms with Crippen LogP contribution in [0.25, 0.3) is 0 Å². The first kappa shape index (κ1) is 11.0. The quantitative estimate of drug-likeness (QED) is 0.511. The highest BCUT2D eigenvalue weighted by molar-refractivity contribution is 5.87. The predicted molar refractivity (Wildman–Crippen MR) is 52.7 cm³/mol. The van der Waals surface area contributed by atoms with Crippen molar-refractivity contribution in [3.8, 4) is 0 Å². The van der Waals surface area contributed by atoms with Gasteiger partial charge in [0.2, 0.25) is 0 Å². The van der Waals surface area contributed by atoms with Crippen molar-refractivity contribution in [2.24, 2.45) is 5.92 Å². The van der Waals surface area contributed by atoms with Gasteiger partial charge >= 0.3 is 5.97 Å². The van der Waals surface area contributed by atoms with Crippen molar-refractivity contribution in [2.75, 3.05) is 0 Å². The molecule has 0 aromatic heterocycles. The van der Waals surface area contributed by atoms with E-state index in [1.54, 1.807) is 6.08 Å². The summed E-state index contributed by atoms with van der Waals surface area (Å²) >= 11 is 0. The maximum atomic E-state index is 11.1. The topological polar surface area (TPSA) is 43.4 Å². The highest BCUT2D eigenvalue weighted by atomic mass is 16.6. The average Bonchev–Trinajstić information content (AvgIpc) is 2.45. The Balaban J connectivity index is 2.84. The number of ether oxygens (including phenoxy) is 1. The van der Waals surface area contributed by atoms with Gasteiger partial charge in [0.05, 0.1) is 0 Å². The van der Waals surface area contributed by atoms with E-state index < -0.39 is 5.60 Å². The molecule has 0 aliphatic carbocycles. The first-order chi connectivity index (χ1) is 6.46. The smallest absolute Gasteiger partial charge is 0.306 e. The fourth-order valence-electron chi connectivity index (χ4n) is 1.59. The summed E-state index contributed by atoms with van der Waals surface area (Å²) < 4.78 is 5.28. The molecule has 1 heterocycles. The summed E-state index contributed by atoms with van der Waals surface area (Å²) in [6.07, 6.45) is 4.33. The van der Waals surface area contributed by atoms with Gasteiger partial charge in [0, 0.05) is 12.8 Å².